The number of ether oxygens (including phenoxy) is 1. The molecule has 0 saturated heterocycles. The highest BCUT2D eigenvalue weighted by Gasteiger charge is 2.44. The van der Waals surface area contributed by atoms with E-state index in [0.29, 0.717) is 19.4 Å². The maximum Gasteiger partial charge on any atom is 0.408 e. The molecule has 0 aliphatic carbocycles. The van der Waals surface area contributed by atoms with Crippen LogP contribution in [0.15, 0.2) is 18.2 Å². The third-order valence-corrected chi connectivity index (χ3v) is 7.05. The lowest BCUT2D eigenvalue weighted by molar-refractivity contribution is -0.150. The molecule has 0 aliphatic rings. The second-order valence-corrected chi connectivity index (χ2v) is 12.2. The number of carbonyl (C=O) groups is 3. The summed E-state index contributed by atoms with van der Waals surface area (Å²) in [5, 5.41) is 5.94. The average Bonchev–Trinajstić information content (AvgIpc) is 2.80. The Kier molecular flexibility index (Phi) is 12.8. The summed E-state index contributed by atoms with van der Waals surface area (Å²) in [6, 6.07) is 4.33. The predicted octanol–water partition coefficient (Wildman–Crippen LogP) is 6.61. The van der Waals surface area contributed by atoms with E-state index in [1.807, 2.05) is 60.6 Å². The van der Waals surface area contributed by atoms with E-state index in [1.165, 1.54) is 0 Å². The molecule has 7 nitrogen and oxygen atoms in total. The smallest absolute Gasteiger partial charge is 0.408 e. The normalized spacial score (nSPS) is 14.3. The zero-order chi connectivity index (χ0) is 29.3. The zero-order valence-electron chi connectivity index (χ0n) is 25.8. The number of hydrogen-bond donors (Lipinski definition) is 2. The Hall–Kier alpha value is -2.57. The SMILES string of the molecule is CCCCCNC(=O)C(c1cc(C)cc(C)c1)N(C(=O)C(NC(=O)OC(C)(C)C)C(C)CC)C(C)(C)CC. The van der Waals surface area contributed by atoms with Gasteiger partial charge in [-0.25, -0.2) is 4.79 Å². The van der Waals surface area contributed by atoms with Gasteiger partial charge in [-0.1, -0.05) is 76.3 Å². The number of benzene rings is 1. The summed E-state index contributed by atoms with van der Waals surface area (Å²) in [5.74, 6) is -0.663. The third kappa shape index (κ3) is 9.95. The van der Waals surface area contributed by atoms with Crippen LogP contribution in [0.4, 0.5) is 4.79 Å². The van der Waals surface area contributed by atoms with E-state index in [-0.39, 0.29) is 17.7 Å². The average molecular weight is 532 g/mol. The Balaban J connectivity index is 3.67. The quantitative estimate of drug-likeness (QED) is 0.280. The van der Waals surface area contributed by atoms with Crippen LogP contribution in [0.1, 0.15) is 117 Å². The molecule has 0 saturated carbocycles. The summed E-state index contributed by atoms with van der Waals surface area (Å²) < 4.78 is 5.50. The van der Waals surface area contributed by atoms with E-state index in [9.17, 15) is 14.4 Å². The first-order valence-corrected chi connectivity index (χ1v) is 14.3. The Bertz CT molecular complexity index is 915. The number of hydrogen-bond acceptors (Lipinski definition) is 4. The van der Waals surface area contributed by atoms with Crippen molar-refractivity contribution < 1.29 is 19.1 Å². The largest absolute Gasteiger partial charge is 0.444 e. The van der Waals surface area contributed by atoms with Gasteiger partial charge in [-0.2, -0.15) is 0 Å². The fourth-order valence-corrected chi connectivity index (χ4v) is 4.48. The molecule has 1 aromatic carbocycles. The Morgan fingerprint density at radius 3 is 2.00 bits per heavy atom. The van der Waals surface area contributed by atoms with Gasteiger partial charge < -0.3 is 20.3 Å². The molecule has 3 unspecified atom stereocenters. The first kappa shape index (κ1) is 33.5. The summed E-state index contributed by atoms with van der Waals surface area (Å²) in [6.45, 7) is 21.9. The molecule has 0 radical (unpaired) electrons. The number of nitrogens with one attached hydrogen (secondary N) is 2. The minimum Gasteiger partial charge on any atom is -0.444 e. The topological polar surface area (TPSA) is 87.7 Å². The van der Waals surface area contributed by atoms with E-state index < -0.39 is 29.3 Å². The molecule has 2 N–H and O–H groups in total. The molecule has 1 aromatic rings. The number of carbonyl (C=O) groups excluding carboxylic acids is 3. The van der Waals surface area contributed by atoms with Crippen molar-refractivity contribution in [3.8, 4) is 0 Å². The summed E-state index contributed by atoms with van der Waals surface area (Å²) in [5.41, 5.74) is 1.45. The Morgan fingerprint density at radius 1 is 0.947 bits per heavy atom. The molecule has 0 heterocycles. The van der Waals surface area contributed by atoms with Crippen molar-refractivity contribution in [3.05, 3.63) is 34.9 Å². The van der Waals surface area contributed by atoms with Gasteiger partial charge in [0.2, 0.25) is 11.8 Å². The van der Waals surface area contributed by atoms with Crippen LogP contribution in [0.2, 0.25) is 0 Å². The van der Waals surface area contributed by atoms with E-state index in [0.717, 1.165) is 36.0 Å². The number of rotatable bonds is 13. The highest BCUT2D eigenvalue weighted by Crippen LogP contribution is 2.34. The van der Waals surface area contributed by atoms with Crippen LogP contribution < -0.4 is 10.6 Å². The predicted molar refractivity (Wildman–Crippen MR) is 155 cm³/mol. The molecule has 216 valence electrons. The number of aryl methyl sites for hydroxylation is 2. The highest BCUT2D eigenvalue weighted by atomic mass is 16.6. The summed E-state index contributed by atoms with van der Waals surface area (Å²) >= 11 is 0. The van der Waals surface area contributed by atoms with Crippen molar-refractivity contribution in [2.24, 2.45) is 5.92 Å². The molecule has 0 fully saturated rings. The van der Waals surface area contributed by atoms with Gasteiger partial charge >= 0.3 is 6.09 Å². The van der Waals surface area contributed by atoms with Crippen LogP contribution in [-0.4, -0.2) is 46.5 Å². The van der Waals surface area contributed by atoms with Crippen LogP contribution in [0.25, 0.3) is 0 Å². The van der Waals surface area contributed by atoms with Crippen molar-refractivity contribution in [2.75, 3.05) is 6.54 Å². The lowest BCUT2D eigenvalue weighted by Gasteiger charge is -2.45. The summed E-state index contributed by atoms with van der Waals surface area (Å²) in [6.07, 6.45) is 3.61. The molecular weight excluding hydrogens is 478 g/mol. The van der Waals surface area contributed by atoms with Crippen LogP contribution in [-0.2, 0) is 14.3 Å². The third-order valence-electron chi connectivity index (χ3n) is 7.05. The number of alkyl carbamates (subject to hydrolysis) is 1. The molecule has 0 aromatic heterocycles. The minimum absolute atomic E-state index is 0.169. The van der Waals surface area contributed by atoms with Gasteiger partial charge in [0.1, 0.15) is 17.7 Å². The minimum atomic E-state index is -0.845. The van der Waals surface area contributed by atoms with Gasteiger partial charge in [0.15, 0.2) is 0 Å². The van der Waals surface area contributed by atoms with Crippen molar-refractivity contribution in [3.63, 3.8) is 0 Å². The molecule has 0 aliphatic heterocycles. The van der Waals surface area contributed by atoms with Gasteiger partial charge in [0.05, 0.1) is 0 Å². The zero-order valence-corrected chi connectivity index (χ0v) is 25.8. The van der Waals surface area contributed by atoms with Crippen molar-refractivity contribution in [1.29, 1.82) is 0 Å². The molecule has 0 spiro atoms. The summed E-state index contributed by atoms with van der Waals surface area (Å²) in [7, 11) is 0. The second-order valence-electron chi connectivity index (χ2n) is 12.2. The standard InChI is InChI=1S/C31H53N3O4/c1-12-15-16-17-32-27(35)26(24-19-21(4)18-22(5)20-24)34(31(10,11)14-3)28(36)25(23(6)13-2)33-29(37)38-30(7,8)9/h18-20,23,25-26H,12-17H2,1-11H3,(H,32,35)(H,33,37). The van der Waals surface area contributed by atoms with Crippen molar-refractivity contribution in [2.45, 2.75) is 131 Å². The van der Waals surface area contributed by atoms with Crippen LogP contribution in [0.3, 0.4) is 0 Å². The van der Waals surface area contributed by atoms with Gasteiger partial charge in [-0.15, -0.1) is 0 Å². The molecule has 3 amide bonds. The van der Waals surface area contributed by atoms with Crippen molar-refractivity contribution >= 4 is 17.9 Å². The van der Waals surface area contributed by atoms with Crippen LogP contribution in [0.5, 0.6) is 0 Å². The van der Waals surface area contributed by atoms with Gasteiger partial charge in [-0.05, 0) is 72.8 Å². The lowest BCUT2D eigenvalue weighted by Crippen LogP contribution is -2.60. The molecule has 38 heavy (non-hydrogen) atoms. The van der Waals surface area contributed by atoms with E-state index in [4.69, 9.17) is 4.74 Å². The van der Waals surface area contributed by atoms with E-state index in [2.05, 4.69) is 23.6 Å². The maximum atomic E-state index is 14.5. The molecule has 7 heteroatoms. The highest BCUT2D eigenvalue weighted by molar-refractivity contribution is 5.93. The summed E-state index contributed by atoms with van der Waals surface area (Å²) in [4.78, 5) is 42.9. The van der Waals surface area contributed by atoms with Crippen molar-refractivity contribution in [1.82, 2.24) is 15.5 Å². The monoisotopic (exact) mass is 531 g/mol. The van der Waals surface area contributed by atoms with Gasteiger partial charge in [-0.3, -0.25) is 9.59 Å². The molecular formula is C31H53N3O4. The van der Waals surface area contributed by atoms with E-state index in [1.54, 1.807) is 25.7 Å². The molecule has 1 rings (SSSR count). The van der Waals surface area contributed by atoms with Crippen LogP contribution >= 0.6 is 0 Å². The fraction of sp³-hybridized carbons (Fsp3) is 0.710. The second kappa shape index (κ2) is 14.5. The molecule has 0 bridgehead atoms. The first-order chi connectivity index (χ1) is 17.6. The molecule has 3 atom stereocenters. The van der Waals surface area contributed by atoms with Gasteiger partial charge in [0.25, 0.3) is 0 Å². The maximum absolute atomic E-state index is 14.5. The number of nitrogens with zero attached hydrogens (tertiary/aromatic N) is 1. The Morgan fingerprint density at radius 2 is 1.53 bits per heavy atom. The number of amides is 3. The number of unbranched alkanes of at least 4 members (excludes halogenated alkanes) is 2. The van der Waals surface area contributed by atoms with Gasteiger partial charge in [0, 0.05) is 12.1 Å². The first-order valence-electron chi connectivity index (χ1n) is 14.3. The van der Waals surface area contributed by atoms with Crippen LogP contribution in [0, 0.1) is 19.8 Å². The lowest BCUT2D eigenvalue weighted by atomic mass is 9.88. The Labute approximate surface area is 231 Å². The fourth-order valence-electron chi connectivity index (χ4n) is 4.48. The van der Waals surface area contributed by atoms with E-state index >= 15 is 0 Å².